The van der Waals surface area contributed by atoms with Crippen molar-refractivity contribution >= 4 is 22.9 Å². The summed E-state index contributed by atoms with van der Waals surface area (Å²) in [6.07, 6.45) is 6.41. The molecule has 0 spiro atoms. The first-order chi connectivity index (χ1) is 12.1. The molecule has 0 saturated heterocycles. The van der Waals surface area contributed by atoms with Gasteiger partial charge in [0.15, 0.2) is 0 Å². The lowest BCUT2D eigenvalue weighted by molar-refractivity contribution is -0.116. The van der Waals surface area contributed by atoms with Crippen molar-refractivity contribution in [3.8, 4) is 0 Å². The van der Waals surface area contributed by atoms with Gasteiger partial charge >= 0.3 is 0 Å². The van der Waals surface area contributed by atoms with Gasteiger partial charge in [-0.25, -0.2) is 0 Å². The first-order valence-electron chi connectivity index (χ1n) is 8.56. The molecule has 3 rings (SSSR count). The Morgan fingerprint density at radius 2 is 2.04 bits per heavy atom. The summed E-state index contributed by atoms with van der Waals surface area (Å²) in [4.78, 5) is 12.0. The second kappa shape index (κ2) is 7.38. The van der Waals surface area contributed by atoms with Crippen LogP contribution in [-0.2, 0) is 18.4 Å². The van der Waals surface area contributed by atoms with E-state index in [2.05, 4.69) is 39.4 Å². The van der Waals surface area contributed by atoms with Crippen LogP contribution in [0.5, 0.6) is 0 Å². The van der Waals surface area contributed by atoms with E-state index in [4.69, 9.17) is 0 Å². The molecule has 1 N–H and O–H groups in total. The number of carbonyl (C=O) groups is 1. The quantitative estimate of drug-likeness (QED) is 0.555. The maximum atomic E-state index is 12.0. The number of amides is 1. The van der Waals surface area contributed by atoms with Gasteiger partial charge in [0.25, 0.3) is 0 Å². The number of benzene rings is 1. The van der Waals surface area contributed by atoms with E-state index < -0.39 is 0 Å². The highest BCUT2D eigenvalue weighted by Crippen LogP contribution is 2.15. The van der Waals surface area contributed by atoms with Crippen LogP contribution >= 0.6 is 0 Å². The number of rotatable bonds is 6. The summed E-state index contributed by atoms with van der Waals surface area (Å²) in [5.41, 5.74) is 4.23. The van der Waals surface area contributed by atoms with Crippen molar-refractivity contribution in [1.29, 1.82) is 0 Å². The Bertz CT molecular complexity index is 917. The topological polar surface area (TPSA) is 51.9 Å². The number of nitrogens with one attached hydrogen (secondary N) is 1. The predicted octanol–water partition coefficient (Wildman–Crippen LogP) is 3.21. The molecule has 2 aromatic heterocycles. The van der Waals surface area contributed by atoms with Crippen LogP contribution in [0, 0.1) is 13.8 Å². The second-order valence-electron chi connectivity index (χ2n) is 6.25. The lowest BCUT2D eigenvalue weighted by atomic mass is 10.2. The summed E-state index contributed by atoms with van der Waals surface area (Å²) >= 11 is 0. The molecule has 0 aliphatic rings. The smallest absolute Gasteiger partial charge is 0.244 e. The third kappa shape index (κ3) is 3.82. The number of nitrogens with zero attached hydrogens (tertiary/aromatic N) is 3. The van der Waals surface area contributed by atoms with Crippen molar-refractivity contribution in [3.05, 3.63) is 59.6 Å². The summed E-state index contributed by atoms with van der Waals surface area (Å²) < 4.78 is 4.05. The Morgan fingerprint density at radius 3 is 2.80 bits per heavy atom. The number of aromatic nitrogens is 3. The number of carbonyl (C=O) groups excluding carboxylic acids is 1. The molecule has 130 valence electrons. The van der Waals surface area contributed by atoms with Gasteiger partial charge in [0, 0.05) is 49.2 Å². The van der Waals surface area contributed by atoms with Crippen molar-refractivity contribution in [2.75, 3.05) is 6.54 Å². The minimum Gasteiger partial charge on any atom is -0.352 e. The standard InChI is InChI=1S/C20H24N4O/c1-15-18(16(2)23(3)22-15)9-10-20(25)21-12-6-13-24-14-11-17-7-4-5-8-19(17)24/h4-5,7-11,14H,6,12-13H2,1-3H3,(H,21,25)/b10-9+. The maximum absolute atomic E-state index is 12.0. The molecular weight excluding hydrogens is 312 g/mol. The molecular formula is C20H24N4O. The molecule has 0 radical (unpaired) electrons. The first-order valence-corrected chi connectivity index (χ1v) is 8.56. The molecule has 0 aliphatic heterocycles. The number of para-hydroxylation sites is 1. The minimum atomic E-state index is -0.0694. The molecule has 1 amide bonds. The van der Waals surface area contributed by atoms with Crippen LogP contribution in [0.3, 0.4) is 0 Å². The van der Waals surface area contributed by atoms with Crippen LogP contribution in [-0.4, -0.2) is 26.8 Å². The Balaban J connectivity index is 1.49. The predicted molar refractivity (Wildman–Crippen MR) is 101 cm³/mol. The Kier molecular flexibility index (Phi) is 5.03. The molecule has 0 unspecified atom stereocenters. The minimum absolute atomic E-state index is 0.0694. The van der Waals surface area contributed by atoms with Crippen molar-refractivity contribution in [2.24, 2.45) is 7.05 Å². The molecule has 0 fully saturated rings. The summed E-state index contributed by atoms with van der Waals surface area (Å²) in [5.74, 6) is -0.0694. The number of fused-ring (bicyclic) bond motifs is 1. The van der Waals surface area contributed by atoms with Crippen molar-refractivity contribution < 1.29 is 4.79 Å². The van der Waals surface area contributed by atoms with E-state index in [1.54, 1.807) is 6.08 Å². The molecule has 2 heterocycles. The largest absolute Gasteiger partial charge is 0.352 e. The summed E-state index contributed by atoms with van der Waals surface area (Å²) in [6.45, 7) is 5.49. The van der Waals surface area contributed by atoms with Crippen LogP contribution in [0.15, 0.2) is 42.6 Å². The fourth-order valence-corrected chi connectivity index (χ4v) is 3.05. The van der Waals surface area contributed by atoms with Gasteiger partial charge in [-0.15, -0.1) is 0 Å². The van der Waals surface area contributed by atoms with Gasteiger partial charge in [0.1, 0.15) is 0 Å². The van der Waals surface area contributed by atoms with E-state index in [0.29, 0.717) is 6.54 Å². The molecule has 0 saturated carbocycles. The monoisotopic (exact) mass is 336 g/mol. The zero-order valence-electron chi connectivity index (χ0n) is 15.0. The molecule has 3 aromatic rings. The molecule has 1 aromatic carbocycles. The SMILES string of the molecule is Cc1nn(C)c(C)c1/C=C/C(=O)NCCCn1ccc2ccccc21. The van der Waals surface area contributed by atoms with E-state index in [0.717, 1.165) is 29.9 Å². The van der Waals surface area contributed by atoms with Crippen LogP contribution in [0.1, 0.15) is 23.4 Å². The molecule has 0 atom stereocenters. The highest BCUT2D eigenvalue weighted by Gasteiger charge is 2.06. The Labute approximate surface area is 148 Å². The van der Waals surface area contributed by atoms with E-state index in [1.807, 2.05) is 43.8 Å². The van der Waals surface area contributed by atoms with Gasteiger partial charge in [-0.3, -0.25) is 9.48 Å². The molecule has 0 bridgehead atoms. The maximum Gasteiger partial charge on any atom is 0.244 e. The zero-order chi connectivity index (χ0) is 17.8. The van der Waals surface area contributed by atoms with E-state index in [1.165, 1.54) is 10.9 Å². The van der Waals surface area contributed by atoms with Crippen molar-refractivity contribution in [3.63, 3.8) is 0 Å². The lowest BCUT2D eigenvalue weighted by Gasteiger charge is -2.06. The fourth-order valence-electron chi connectivity index (χ4n) is 3.05. The molecule has 5 heteroatoms. The summed E-state index contributed by atoms with van der Waals surface area (Å²) in [7, 11) is 1.91. The molecule has 5 nitrogen and oxygen atoms in total. The van der Waals surface area contributed by atoms with Gasteiger partial charge in [0.2, 0.25) is 5.91 Å². The Hall–Kier alpha value is -2.82. The average molecular weight is 336 g/mol. The third-order valence-corrected chi connectivity index (χ3v) is 4.52. The normalized spacial score (nSPS) is 11.5. The van der Waals surface area contributed by atoms with E-state index in [9.17, 15) is 4.79 Å². The summed E-state index contributed by atoms with van der Waals surface area (Å²) in [6, 6.07) is 10.4. The number of hydrogen-bond donors (Lipinski definition) is 1. The van der Waals surface area contributed by atoms with Gasteiger partial charge in [-0.1, -0.05) is 18.2 Å². The van der Waals surface area contributed by atoms with Gasteiger partial charge in [-0.2, -0.15) is 5.10 Å². The van der Waals surface area contributed by atoms with Crippen LogP contribution in [0.25, 0.3) is 17.0 Å². The molecule has 25 heavy (non-hydrogen) atoms. The van der Waals surface area contributed by atoms with Crippen LogP contribution in [0.2, 0.25) is 0 Å². The Morgan fingerprint density at radius 1 is 1.24 bits per heavy atom. The van der Waals surface area contributed by atoms with Crippen molar-refractivity contribution in [2.45, 2.75) is 26.8 Å². The van der Waals surface area contributed by atoms with Gasteiger partial charge < -0.3 is 9.88 Å². The average Bonchev–Trinajstić information content (AvgIpc) is 3.11. The van der Waals surface area contributed by atoms with Gasteiger partial charge in [-0.05, 0) is 43.9 Å². The summed E-state index contributed by atoms with van der Waals surface area (Å²) in [5, 5.41) is 8.54. The number of hydrogen-bond acceptors (Lipinski definition) is 2. The lowest BCUT2D eigenvalue weighted by Crippen LogP contribution is -2.23. The molecule has 0 aliphatic carbocycles. The highest BCUT2D eigenvalue weighted by molar-refractivity contribution is 5.92. The number of aryl methyl sites for hydroxylation is 3. The van der Waals surface area contributed by atoms with E-state index >= 15 is 0 Å². The van der Waals surface area contributed by atoms with Gasteiger partial charge in [0.05, 0.1) is 5.69 Å². The third-order valence-electron chi connectivity index (χ3n) is 4.52. The van der Waals surface area contributed by atoms with Crippen molar-refractivity contribution in [1.82, 2.24) is 19.7 Å². The zero-order valence-corrected chi connectivity index (χ0v) is 15.0. The van der Waals surface area contributed by atoms with Crippen LogP contribution < -0.4 is 5.32 Å². The second-order valence-corrected chi connectivity index (χ2v) is 6.25. The van der Waals surface area contributed by atoms with E-state index in [-0.39, 0.29) is 5.91 Å². The highest BCUT2D eigenvalue weighted by atomic mass is 16.1. The fraction of sp³-hybridized carbons (Fsp3) is 0.300. The first kappa shape index (κ1) is 17.0. The van der Waals surface area contributed by atoms with Crippen LogP contribution in [0.4, 0.5) is 0 Å².